The molecule has 322 valence electrons. The summed E-state index contributed by atoms with van der Waals surface area (Å²) < 4.78 is 40.9. The predicted molar refractivity (Wildman–Crippen MR) is 220 cm³/mol. The fourth-order valence-corrected chi connectivity index (χ4v) is 11.9. The number of hydrogen-bond acceptors (Lipinski definition) is 9. The van der Waals surface area contributed by atoms with Gasteiger partial charge >= 0.3 is 13.8 Å². The van der Waals surface area contributed by atoms with E-state index in [1.807, 2.05) is 0 Å². The molecule has 4 aliphatic carbocycles. The third-order valence-corrected chi connectivity index (χ3v) is 15.0. The fraction of sp³-hybridized carbons (Fsp3) is 0.875. The van der Waals surface area contributed by atoms with Gasteiger partial charge in [-0.05, 0) is 91.3 Å². The molecule has 0 saturated heterocycles. The van der Waals surface area contributed by atoms with Gasteiger partial charge in [0.25, 0.3) is 0 Å². The van der Waals surface area contributed by atoms with Gasteiger partial charge in [-0.15, -0.1) is 0 Å². The van der Waals surface area contributed by atoms with Gasteiger partial charge in [0.05, 0.1) is 39.6 Å². The lowest BCUT2D eigenvalue weighted by atomic mass is 9.47. The SMILES string of the molecule is CC(C)CCCC(C)C1CCC2C3CC=C4CC(OC(=O)NCCOCCOCCNP(=O)(OCCNC(=N)N)OCCNC(=N)N)CCC4(C)C3CCC12C. The number of carbonyl (C=O) groups is 1. The average Bonchev–Trinajstić information content (AvgIpc) is 3.50. The van der Waals surface area contributed by atoms with Crippen molar-refractivity contribution in [2.45, 2.75) is 111 Å². The Morgan fingerprint density at radius 3 is 2.12 bits per heavy atom. The maximum absolute atomic E-state index is 13.0. The van der Waals surface area contributed by atoms with E-state index in [-0.39, 0.29) is 62.9 Å². The second-order valence-electron chi connectivity index (χ2n) is 17.5. The van der Waals surface area contributed by atoms with E-state index in [0.29, 0.717) is 31.8 Å². The summed E-state index contributed by atoms with van der Waals surface area (Å²) in [7, 11) is -3.68. The molecule has 0 spiro atoms. The van der Waals surface area contributed by atoms with Gasteiger partial charge in [0.2, 0.25) is 0 Å². The summed E-state index contributed by atoms with van der Waals surface area (Å²) in [6.45, 7) is 14.4. The first-order chi connectivity index (χ1) is 26.7. The van der Waals surface area contributed by atoms with Gasteiger partial charge in [0.15, 0.2) is 11.9 Å². The number of carbonyl (C=O) groups excluding carboxylic acids is 1. The highest BCUT2D eigenvalue weighted by molar-refractivity contribution is 7.51. The third-order valence-electron chi connectivity index (χ3n) is 13.3. The highest BCUT2D eigenvalue weighted by Crippen LogP contribution is 2.67. The van der Waals surface area contributed by atoms with Crippen LogP contribution in [0.4, 0.5) is 4.79 Å². The van der Waals surface area contributed by atoms with Crippen LogP contribution in [0.5, 0.6) is 0 Å². The number of nitrogens with two attached hydrogens (primary N) is 2. The van der Waals surface area contributed by atoms with Crippen LogP contribution in [0.15, 0.2) is 11.6 Å². The number of guanidine groups is 2. The van der Waals surface area contributed by atoms with E-state index >= 15 is 0 Å². The molecular formula is C40H75N8O7P. The average molecular weight is 811 g/mol. The van der Waals surface area contributed by atoms with Gasteiger partial charge in [0.1, 0.15) is 6.10 Å². The van der Waals surface area contributed by atoms with Crippen molar-refractivity contribution in [2.24, 2.45) is 57.8 Å². The summed E-state index contributed by atoms with van der Waals surface area (Å²) in [4.78, 5) is 12.7. The molecular weight excluding hydrogens is 735 g/mol. The Hall–Kier alpha value is -2.42. The molecule has 4 rings (SSSR count). The Bertz CT molecular complexity index is 1330. The maximum atomic E-state index is 13.0. The van der Waals surface area contributed by atoms with Crippen molar-refractivity contribution >= 4 is 25.8 Å². The van der Waals surface area contributed by atoms with Crippen LogP contribution in [-0.4, -0.2) is 89.9 Å². The van der Waals surface area contributed by atoms with Crippen LogP contribution in [0.25, 0.3) is 0 Å². The van der Waals surface area contributed by atoms with E-state index < -0.39 is 13.8 Å². The molecule has 10 N–H and O–H groups in total. The standard InChI is InChI=1S/C40H75N8O7P/c1-28(2)7-6-8-29(3)33-11-12-34-32-10-9-30-27-31(13-15-39(30,4)35(32)14-16-40(33,34)5)55-38(49)47-17-21-51-25-26-52-22-20-48-56(50,53-23-18-45-36(41)42)54-24-19-46-37(43)44/h9,28-29,31-35H,6-8,10-27H2,1-5H3,(H,47,49)(H,48,50)(H4,41,42,45)(H4,43,44,46). The van der Waals surface area contributed by atoms with Crippen molar-refractivity contribution in [2.75, 3.05) is 65.8 Å². The number of alkyl carbamates (subject to hydrolysis) is 1. The molecule has 0 bridgehead atoms. The Labute approximate surface area is 336 Å². The third kappa shape index (κ3) is 13.3. The van der Waals surface area contributed by atoms with Gasteiger partial charge < -0.3 is 41.6 Å². The van der Waals surface area contributed by atoms with Gasteiger partial charge in [-0.2, -0.15) is 0 Å². The van der Waals surface area contributed by atoms with Crippen LogP contribution in [0.2, 0.25) is 0 Å². The van der Waals surface area contributed by atoms with Gasteiger partial charge in [-0.1, -0.05) is 65.5 Å². The minimum atomic E-state index is -3.68. The van der Waals surface area contributed by atoms with Crippen LogP contribution < -0.4 is 32.5 Å². The molecule has 8 unspecified atom stereocenters. The number of ether oxygens (including phenoxy) is 3. The zero-order chi connectivity index (χ0) is 40.8. The van der Waals surface area contributed by atoms with Gasteiger partial charge in [-0.3, -0.25) is 19.9 Å². The minimum absolute atomic E-state index is 0.0158. The van der Waals surface area contributed by atoms with Crippen LogP contribution in [-0.2, 0) is 27.8 Å². The first-order valence-electron chi connectivity index (χ1n) is 21.3. The first kappa shape index (κ1) is 46.3. The number of allylic oxidation sites excluding steroid dienone is 1. The summed E-state index contributed by atoms with van der Waals surface area (Å²) in [5, 5.41) is 25.1. The Morgan fingerprint density at radius 2 is 1.48 bits per heavy atom. The molecule has 0 radical (unpaired) electrons. The monoisotopic (exact) mass is 811 g/mol. The smallest absolute Gasteiger partial charge is 0.407 e. The second-order valence-corrected chi connectivity index (χ2v) is 19.3. The van der Waals surface area contributed by atoms with E-state index in [2.05, 4.69) is 61.7 Å². The summed E-state index contributed by atoms with van der Waals surface area (Å²) in [6.07, 6.45) is 15.7. The van der Waals surface area contributed by atoms with Crippen molar-refractivity contribution in [3.05, 3.63) is 11.6 Å². The van der Waals surface area contributed by atoms with E-state index in [9.17, 15) is 9.36 Å². The zero-order valence-corrected chi connectivity index (χ0v) is 35.8. The Morgan fingerprint density at radius 1 is 0.839 bits per heavy atom. The van der Waals surface area contributed by atoms with Crippen molar-refractivity contribution in [3.8, 4) is 0 Å². The molecule has 16 heteroatoms. The quantitative estimate of drug-likeness (QED) is 0.0189. The van der Waals surface area contributed by atoms with Crippen molar-refractivity contribution < 1.29 is 32.6 Å². The maximum Gasteiger partial charge on any atom is 0.407 e. The summed E-state index contributed by atoms with van der Waals surface area (Å²) in [5.74, 6) is 4.41. The molecule has 0 heterocycles. The summed E-state index contributed by atoms with van der Waals surface area (Å²) >= 11 is 0. The topological polar surface area (TPSA) is 228 Å². The van der Waals surface area contributed by atoms with E-state index in [1.54, 1.807) is 0 Å². The molecule has 0 aromatic heterocycles. The van der Waals surface area contributed by atoms with Crippen LogP contribution in [0, 0.1) is 57.2 Å². The normalized spacial score (nSPS) is 29.9. The molecule has 8 atom stereocenters. The summed E-state index contributed by atoms with van der Waals surface area (Å²) in [6, 6.07) is 0. The number of fused-ring (bicyclic) bond motifs is 5. The van der Waals surface area contributed by atoms with E-state index in [4.69, 9.17) is 45.5 Å². The second kappa shape index (κ2) is 22.1. The Balaban J connectivity index is 1.09. The van der Waals surface area contributed by atoms with Crippen molar-refractivity contribution in [1.29, 1.82) is 10.8 Å². The lowest BCUT2D eigenvalue weighted by molar-refractivity contribution is -0.0581. The minimum Gasteiger partial charge on any atom is -0.446 e. The van der Waals surface area contributed by atoms with E-state index in [1.165, 1.54) is 56.9 Å². The summed E-state index contributed by atoms with van der Waals surface area (Å²) in [5.41, 5.74) is 12.7. The van der Waals surface area contributed by atoms with Crippen molar-refractivity contribution in [1.82, 2.24) is 21.0 Å². The molecule has 0 aromatic carbocycles. The van der Waals surface area contributed by atoms with Crippen molar-refractivity contribution in [3.63, 3.8) is 0 Å². The lowest BCUT2D eigenvalue weighted by Crippen LogP contribution is -2.51. The van der Waals surface area contributed by atoms with Gasteiger partial charge in [0, 0.05) is 32.6 Å². The molecule has 0 aliphatic heterocycles. The molecule has 1 amide bonds. The molecule has 4 aliphatic rings. The molecule has 0 aromatic rings. The van der Waals surface area contributed by atoms with Crippen LogP contribution in [0.1, 0.15) is 105 Å². The molecule has 56 heavy (non-hydrogen) atoms. The molecule has 3 fully saturated rings. The van der Waals surface area contributed by atoms with Gasteiger partial charge in [-0.25, -0.2) is 14.4 Å². The highest BCUT2D eigenvalue weighted by Gasteiger charge is 2.59. The highest BCUT2D eigenvalue weighted by atomic mass is 31.2. The fourth-order valence-electron chi connectivity index (χ4n) is 10.6. The number of nitrogens with one attached hydrogen (secondary N) is 6. The Kier molecular flexibility index (Phi) is 18.3. The molecule has 3 saturated carbocycles. The van der Waals surface area contributed by atoms with Crippen LogP contribution >= 0.6 is 7.75 Å². The van der Waals surface area contributed by atoms with E-state index in [0.717, 1.165) is 54.8 Å². The number of hydrogen-bond donors (Lipinski definition) is 8. The predicted octanol–water partition coefficient (Wildman–Crippen LogP) is 5.85. The number of rotatable bonds is 24. The molecule has 15 nitrogen and oxygen atoms in total. The zero-order valence-electron chi connectivity index (χ0n) is 34.9. The lowest BCUT2D eigenvalue weighted by Gasteiger charge is -2.58. The largest absolute Gasteiger partial charge is 0.446 e. The first-order valence-corrected chi connectivity index (χ1v) is 22.8. The van der Waals surface area contributed by atoms with Crippen LogP contribution in [0.3, 0.4) is 0 Å². The number of amides is 1.